The molecule has 268 valence electrons. The summed E-state index contributed by atoms with van der Waals surface area (Å²) in [6, 6.07) is 11.2. The first-order valence-electron chi connectivity index (χ1n) is 18.6. The Bertz CT molecular complexity index is 2010. The molecule has 2 aliphatic carbocycles. The van der Waals surface area contributed by atoms with E-state index in [-0.39, 0.29) is 34.1 Å². The highest BCUT2D eigenvalue weighted by molar-refractivity contribution is 6.29. The fraction of sp³-hybridized carbons (Fsp3) is 0.524. The fourth-order valence-corrected chi connectivity index (χ4v) is 10.7. The number of ether oxygens (including phenoxy) is 1. The van der Waals surface area contributed by atoms with Crippen LogP contribution in [0.2, 0.25) is 0 Å². The molecule has 0 spiro atoms. The quantitative estimate of drug-likeness (QED) is 0.242. The van der Waals surface area contributed by atoms with Gasteiger partial charge in [0.05, 0.1) is 46.3 Å². The molecule has 0 saturated carbocycles. The summed E-state index contributed by atoms with van der Waals surface area (Å²) in [5.41, 5.74) is 6.39. The number of nitrogens with zero attached hydrogens (tertiary/aromatic N) is 4. The Hall–Kier alpha value is -4.24. The van der Waals surface area contributed by atoms with Crippen LogP contribution in [0.15, 0.2) is 48.6 Å². The van der Waals surface area contributed by atoms with E-state index in [1.54, 1.807) is 17.0 Å². The molecule has 51 heavy (non-hydrogen) atoms. The molecule has 0 radical (unpaired) electrons. The number of hydrogen-bond donors (Lipinski definition) is 0. The van der Waals surface area contributed by atoms with Crippen LogP contribution in [0.4, 0.5) is 11.4 Å². The second kappa shape index (κ2) is 11.4. The molecule has 0 aromatic heterocycles. The molecule has 4 aliphatic heterocycles. The van der Waals surface area contributed by atoms with Gasteiger partial charge in [-0.2, -0.15) is 9.48 Å². The summed E-state index contributed by atoms with van der Waals surface area (Å²) in [6.07, 6.45) is 8.73. The maximum atomic E-state index is 14.3. The Kier molecular flexibility index (Phi) is 7.56. The van der Waals surface area contributed by atoms with E-state index in [0.29, 0.717) is 55.3 Å². The molecule has 2 fully saturated rings. The summed E-state index contributed by atoms with van der Waals surface area (Å²) in [5.74, 6) is -0.109. The van der Waals surface area contributed by atoms with Crippen molar-refractivity contribution in [3.8, 4) is 0 Å². The minimum Gasteiger partial charge on any atom is -0.618 e. The SMILES string of the molecule is CC1(C)C=C2C(=[N+]([O-])c3cc(C(=O)N4CCCC4CC4(C)C=C5C(=[N+]([O-])c6cc(C(=O)N7CCOCC7)ccc65)C(C)(C)C4)ccc32)C(C)(C)C1. The van der Waals surface area contributed by atoms with Crippen LogP contribution in [0.3, 0.4) is 0 Å². The molecular formula is C42H50N4O5. The third kappa shape index (κ3) is 5.45. The summed E-state index contributed by atoms with van der Waals surface area (Å²) in [7, 11) is 0. The maximum absolute atomic E-state index is 14.3. The predicted octanol–water partition coefficient (Wildman–Crippen LogP) is 7.71. The van der Waals surface area contributed by atoms with Crippen LogP contribution in [-0.2, 0) is 4.74 Å². The fourth-order valence-electron chi connectivity index (χ4n) is 10.7. The minimum atomic E-state index is -0.426. The van der Waals surface area contributed by atoms with Crippen molar-refractivity contribution in [3.63, 3.8) is 0 Å². The number of carbonyl (C=O) groups excluding carboxylic acids is 2. The molecule has 2 aromatic carbocycles. The highest BCUT2D eigenvalue weighted by Crippen LogP contribution is 2.54. The monoisotopic (exact) mass is 690 g/mol. The zero-order valence-electron chi connectivity index (χ0n) is 31.1. The van der Waals surface area contributed by atoms with Gasteiger partial charge in [0.25, 0.3) is 11.8 Å². The highest BCUT2D eigenvalue weighted by Gasteiger charge is 2.52. The molecule has 2 amide bonds. The lowest BCUT2D eigenvalue weighted by molar-refractivity contribution is -0.361. The lowest BCUT2D eigenvalue weighted by Gasteiger charge is -2.41. The molecule has 2 unspecified atom stereocenters. The molecule has 2 saturated heterocycles. The van der Waals surface area contributed by atoms with Gasteiger partial charge in [0.2, 0.25) is 22.8 Å². The van der Waals surface area contributed by atoms with Crippen LogP contribution in [-0.4, -0.2) is 81.4 Å². The number of hydrogen-bond acceptors (Lipinski definition) is 5. The minimum absolute atomic E-state index is 0.0305. The standard InChI is InChI=1S/C42H50N4O5/c1-39(2)22-31-29-13-11-27(20-34(29)45(49)35(31)40(3,4)24-39)38(48)44-14-8-9-28(44)21-42(7)23-32-30-12-10-26(37(47)43-15-17-51-18-16-43)19-33(30)46(50)36(32)41(5,6)25-42/h10-13,19-20,22-23,28H,8-9,14-18,21,24-25H2,1-7H3. The van der Waals surface area contributed by atoms with Gasteiger partial charge in [-0.3, -0.25) is 9.59 Å². The van der Waals surface area contributed by atoms with E-state index in [1.165, 1.54) is 0 Å². The van der Waals surface area contributed by atoms with Gasteiger partial charge in [0.1, 0.15) is 0 Å². The van der Waals surface area contributed by atoms with Gasteiger partial charge >= 0.3 is 0 Å². The van der Waals surface area contributed by atoms with E-state index < -0.39 is 5.41 Å². The topological polar surface area (TPSA) is 102 Å². The zero-order chi connectivity index (χ0) is 36.2. The number of benzene rings is 2. The van der Waals surface area contributed by atoms with Crippen LogP contribution >= 0.6 is 0 Å². The average Bonchev–Trinajstić information content (AvgIpc) is 3.71. The van der Waals surface area contributed by atoms with Crippen molar-refractivity contribution in [1.82, 2.24) is 9.80 Å². The van der Waals surface area contributed by atoms with Crippen molar-refractivity contribution in [3.05, 3.63) is 81.2 Å². The molecule has 9 heteroatoms. The molecule has 8 rings (SSSR count). The molecule has 2 atom stereocenters. The van der Waals surface area contributed by atoms with Gasteiger partial charge in [0.15, 0.2) is 0 Å². The van der Waals surface area contributed by atoms with E-state index in [2.05, 4.69) is 60.6 Å². The summed E-state index contributed by atoms with van der Waals surface area (Å²) >= 11 is 0. The zero-order valence-corrected chi connectivity index (χ0v) is 31.1. The number of likely N-dealkylation sites (tertiary alicyclic amines) is 1. The van der Waals surface area contributed by atoms with Gasteiger partial charge in [-0.25, -0.2) is 0 Å². The Balaban J connectivity index is 1.07. The lowest BCUT2D eigenvalue weighted by atomic mass is 9.62. The number of rotatable bonds is 4. The van der Waals surface area contributed by atoms with Gasteiger partial charge in [-0.15, -0.1) is 0 Å². The van der Waals surface area contributed by atoms with Gasteiger partial charge in [-0.05, 0) is 94.9 Å². The number of morpholine rings is 1. The number of carbonyl (C=O) groups is 2. The lowest BCUT2D eigenvalue weighted by Crippen LogP contribution is -2.43. The first-order chi connectivity index (χ1) is 24.0. The second-order valence-corrected chi connectivity index (χ2v) is 18.0. The van der Waals surface area contributed by atoms with Crippen molar-refractivity contribution >= 4 is 45.8 Å². The maximum Gasteiger partial charge on any atom is 0.254 e. The van der Waals surface area contributed by atoms with E-state index in [1.807, 2.05) is 29.2 Å². The van der Waals surface area contributed by atoms with Crippen LogP contribution in [0.25, 0.3) is 11.1 Å². The second-order valence-electron chi connectivity index (χ2n) is 18.0. The summed E-state index contributed by atoms with van der Waals surface area (Å²) < 4.78 is 7.53. The number of amides is 2. The largest absolute Gasteiger partial charge is 0.618 e. The van der Waals surface area contributed by atoms with Crippen LogP contribution in [0.5, 0.6) is 0 Å². The van der Waals surface area contributed by atoms with Crippen molar-refractivity contribution in [1.29, 1.82) is 0 Å². The van der Waals surface area contributed by atoms with Crippen LogP contribution in [0.1, 0.15) is 112 Å². The first kappa shape index (κ1) is 33.9. The van der Waals surface area contributed by atoms with Gasteiger partial charge in [-0.1, -0.05) is 32.9 Å². The first-order valence-corrected chi connectivity index (χ1v) is 18.6. The number of allylic oxidation sites excluding steroid dienone is 4. The van der Waals surface area contributed by atoms with Crippen molar-refractivity contribution in [2.24, 2.45) is 21.7 Å². The molecular weight excluding hydrogens is 640 g/mol. The Labute approximate surface area is 301 Å². The average molecular weight is 691 g/mol. The van der Waals surface area contributed by atoms with E-state index >= 15 is 0 Å². The molecule has 2 aromatic rings. The molecule has 0 bridgehead atoms. The van der Waals surface area contributed by atoms with Crippen molar-refractivity contribution in [2.45, 2.75) is 86.6 Å². The highest BCUT2D eigenvalue weighted by atomic mass is 16.5. The normalized spacial score (nSPS) is 27.1. The van der Waals surface area contributed by atoms with Gasteiger partial charge < -0.3 is 25.0 Å². The van der Waals surface area contributed by atoms with E-state index in [0.717, 1.165) is 75.3 Å². The summed E-state index contributed by atoms with van der Waals surface area (Å²) in [4.78, 5) is 31.3. The van der Waals surface area contributed by atoms with Crippen LogP contribution < -0.4 is 0 Å². The van der Waals surface area contributed by atoms with E-state index in [4.69, 9.17) is 4.74 Å². The molecule has 0 N–H and O–H groups in total. The summed E-state index contributed by atoms with van der Waals surface area (Å²) in [5, 5.41) is 27.7. The third-order valence-electron chi connectivity index (χ3n) is 12.1. The molecule has 6 aliphatic rings. The summed E-state index contributed by atoms with van der Waals surface area (Å²) in [6.45, 7) is 18.0. The van der Waals surface area contributed by atoms with E-state index in [9.17, 15) is 20.0 Å². The Morgan fingerprint density at radius 3 is 1.92 bits per heavy atom. The van der Waals surface area contributed by atoms with Crippen molar-refractivity contribution < 1.29 is 23.8 Å². The van der Waals surface area contributed by atoms with Gasteiger partial charge in [0, 0.05) is 48.9 Å². The third-order valence-corrected chi connectivity index (χ3v) is 12.1. The van der Waals surface area contributed by atoms with Crippen LogP contribution in [0, 0.1) is 32.1 Å². The Morgan fingerprint density at radius 1 is 0.765 bits per heavy atom. The number of fused-ring (bicyclic) bond motifs is 6. The predicted molar refractivity (Wildman–Crippen MR) is 200 cm³/mol. The molecule has 9 nitrogen and oxygen atoms in total. The molecule has 4 heterocycles. The van der Waals surface area contributed by atoms with Crippen molar-refractivity contribution in [2.75, 3.05) is 32.8 Å². The Morgan fingerprint density at radius 2 is 1.31 bits per heavy atom. The smallest absolute Gasteiger partial charge is 0.254 e.